The second-order valence-electron chi connectivity index (χ2n) is 9.88. The molecule has 186 valence electrons. The molecule has 5 rings (SSSR count). The van der Waals surface area contributed by atoms with E-state index in [0.29, 0.717) is 10.5 Å². The number of aliphatic hydroxyl groups excluding tert-OH is 1. The van der Waals surface area contributed by atoms with Crippen LogP contribution in [0, 0.1) is 26.9 Å². The Hall–Kier alpha value is -2.37. The van der Waals surface area contributed by atoms with Crippen LogP contribution in [0.5, 0.6) is 0 Å². The molecule has 1 aromatic carbocycles. The summed E-state index contributed by atoms with van der Waals surface area (Å²) in [4.78, 5) is 44.0. The molecule has 0 spiro atoms. The van der Waals surface area contributed by atoms with Gasteiger partial charge in [0, 0.05) is 46.7 Å². The molecule has 1 saturated heterocycles. The van der Waals surface area contributed by atoms with Gasteiger partial charge in [-0.25, -0.2) is 4.79 Å². The van der Waals surface area contributed by atoms with Crippen LogP contribution in [0.3, 0.4) is 0 Å². The Balaban J connectivity index is 1.39. The van der Waals surface area contributed by atoms with Crippen molar-refractivity contribution in [3.05, 3.63) is 50.4 Å². The van der Waals surface area contributed by atoms with Gasteiger partial charge in [-0.1, -0.05) is 23.9 Å². The molecule has 0 unspecified atom stereocenters. The summed E-state index contributed by atoms with van der Waals surface area (Å²) in [6.07, 6.45) is -0.559. The number of hydrogen-bond acceptors (Lipinski definition) is 9. The van der Waals surface area contributed by atoms with Crippen molar-refractivity contribution in [1.82, 2.24) is 4.90 Å². The summed E-state index contributed by atoms with van der Waals surface area (Å²) in [5.41, 5.74) is -1.15. The summed E-state index contributed by atoms with van der Waals surface area (Å²) in [7, 11) is 0. The summed E-state index contributed by atoms with van der Waals surface area (Å²) in [5.74, 6) is -0.522. The van der Waals surface area contributed by atoms with Gasteiger partial charge in [-0.2, -0.15) is 0 Å². The van der Waals surface area contributed by atoms with Gasteiger partial charge in [0.15, 0.2) is 11.0 Å². The number of carboxylic acid groups (broad SMARTS) is 1. The van der Waals surface area contributed by atoms with Gasteiger partial charge in [0.1, 0.15) is 0 Å². The lowest BCUT2D eigenvalue weighted by atomic mass is 9.43. The van der Waals surface area contributed by atoms with Crippen molar-refractivity contribution in [1.29, 1.82) is 0 Å². The Labute approximate surface area is 211 Å². The summed E-state index contributed by atoms with van der Waals surface area (Å²) in [6.45, 7) is 5.77. The molecule has 1 aromatic rings. The van der Waals surface area contributed by atoms with Crippen LogP contribution in [0.2, 0.25) is 0 Å². The molecule has 4 aliphatic rings. The molecule has 35 heavy (non-hydrogen) atoms. The van der Waals surface area contributed by atoms with E-state index in [4.69, 9.17) is 0 Å². The monoisotopic (exact) mass is 517 g/mol. The lowest BCUT2D eigenvalue weighted by Gasteiger charge is -2.60. The molecule has 2 aliphatic carbocycles. The summed E-state index contributed by atoms with van der Waals surface area (Å²) in [5, 5.41) is 33.1. The molecule has 11 heteroatoms. The third kappa shape index (κ3) is 3.62. The first-order valence-corrected chi connectivity index (χ1v) is 13.5. The smallest absolute Gasteiger partial charge is 0.332 e. The lowest BCUT2D eigenvalue weighted by Crippen LogP contribution is -2.68. The zero-order valence-corrected chi connectivity index (χ0v) is 21.1. The predicted octanol–water partition coefficient (Wildman–Crippen LogP) is 2.97. The summed E-state index contributed by atoms with van der Waals surface area (Å²) < 4.78 is 0. The number of fused-ring (bicyclic) bond motifs is 1. The second kappa shape index (κ2) is 8.63. The largest absolute Gasteiger partial charge is 0.478 e. The van der Waals surface area contributed by atoms with Crippen LogP contribution in [0.15, 0.2) is 39.7 Å². The minimum atomic E-state index is -1.13. The number of nitrogens with zero attached hydrogens (tertiary/aromatic N) is 3. The first-order chi connectivity index (χ1) is 16.6. The standard InChI is InChI=1S/C24H27N3O6S2/c1-13(28)24(10-14-3-5-15(6-4-14)27(32)33)18-9-17(20(29)30)19(23(18,2)21(24)31)35-16-11-26(12-16)22-25-7-8-34-22/h3-6,13,16,18,28H,7-12H2,1-2H3,(H,29,30)/t13-,18-,23+,24-/m1/s1. The number of non-ortho nitro benzene ring substituents is 1. The fourth-order valence-electron chi connectivity index (χ4n) is 6.13. The number of rotatable bonds is 7. The van der Waals surface area contributed by atoms with Gasteiger partial charge in [-0.05, 0) is 38.2 Å². The van der Waals surface area contributed by atoms with Crippen LogP contribution < -0.4 is 0 Å². The van der Waals surface area contributed by atoms with E-state index >= 15 is 0 Å². The highest BCUT2D eigenvalue weighted by Crippen LogP contribution is 2.70. The number of aliphatic imine (C=N–C) groups is 1. The molecule has 2 aliphatic heterocycles. The second-order valence-corrected chi connectivity index (χ2v) is 12.2. The van der Waals surface area contributed by atoms with Gasteiger partial charge in [0.25, 0.3) is 5.69 Å². The number of allylic oxidation sites excluding steroid dienone is 1. The first-order valence-electron chi connectivity index (χ1n) is 11.6. The fraction of sp³-hybridized carbons (Fsp3) is 0.542. The lowest BCUT2D eigenvalue weighted by molar-refractivity contribution is -0.384. The van der Waals surface area contributed by atoms with E-state index in [0.717, 1.165) is 30.6 Å². The maximum absolute atomic E-state index is 13.9. The molecule has 2 fully saturated rings. The number of aliphatic hydroxyl groups is 1. The number of carbonyl (C=O) groups excluding carboxylic acids is 1. The van der Waals surface area contributed by atoms with Crippen molar-refractivity contribution in [3.63, 3.8) is 0 Å². The third-order valence-electron chi connectivity index (χ3n) is 7.99. The highest BCUT2D eigenvalue weighted by atomic mass is 32.2. The Kier molecular flexibility index (Phi) is 6.00. The molecule has 0 radical (unpaired) electrons. The van der Waals surface area contributed by atoms with Crippen LogP contribution in [0.1, 0.15) is 25.8 Å². The zero-order chi connectivity index (χ0) is 25.1. The quantitative estimate of drug-likeness (QED) is 0.413. The molecule has 4 atom stereocenters. The number of amidine groups is 1. The number of hydrogen-bond donors (Lipinski definition) is 2. The van der Waals surface area contributed by atoms with E-state index in [9.17, 15) is 29.9 Å². The molecule has 2 N–H and O–H groups in total. The van der Waals surface area contributed by atoms with Gasteiger partial charge >= 0.3 is 5.97 Å². The van der Waals surface area contributed by atoms with Gasteiger partial charge in [-0.15, -0.1) is 11.8 Å². The number of carboxylic acids is 1. The normalized spacial score (nSPS) is 31.1. The Bertz CT molecular complexity index is 1160. The number of nitro benzene ring substituents is 1. The number of aliphatic carboxylic acids is 1. The molecular formula is C24H27N3O6S2. The fourth-order valence-corrected chi connectivity index (χ4v) is 8.64. The minimum absolute atomic E-state index is 0.0458. The number of likely N-dealkylation sites (tertiary alicyclic amines) is 1. The van der Waals surface area contributed by atoms with E-state index in [1.165, 1.54) is 23.9 Å². The molecule has 1 saturated carbocycles. The molecule has 9 nitrogen and oxygen atoms in total. The van der Waals surface area contributed by atoms with Crippen molar-refractivity contribution in [2.45, 2.75) is 38.0 Å². The van der Waals surface area contributed by atoms with Crippen molar-refractivity contribution in [3.8, 4) is 0 Å². The highest BCUT2D eigenvalue weighted by Gasteiger charge is 2.74. The van der Waals surface area contributed by atoms with E-state index in [-0.39, 0.29) is 41.1 Å². The van der Waals surface area contributed by atoms with Crippen LogP contribution in [-0.2, 0) is 16.0 Å². The van der Waals surface area contributed by atoms with E-state index in [1.54, 1.807) is 30.8 Å². The number of nitro groups is 1. The molecule has 0 bridgehead atoms. The van der Waals surface area contributed by atoms with E-state index < -0.39 is 27.8 Å². The van der Waals surface area contributed by atoms with Crippen molar-refractivity contribution < 1.29 is 24.7 Å². The van der Waals surface area contributed by atoms with E-state index in [2.05, 4.69) is 9.89 Å². The highest BCUT2D eigenvalue weighted by molar-refractivity contribution is 8.14. The zero-order valence-electron chi connectivity index (χ0n) is 19.5. The Morgan fingerprint density at radius 3 is 2.60 bits per heavy atom. The number of Topliss-reactive ketones (excluding diaryl/α,β-unsaturated/α-hetero) is 1. The topological polar surface area (TPSA) is 133 Å². The van der Waals surface area contributed by atoms with Gasteiger partial charge in [-0.3, -0.25) is 19.9 Å². The SMILES string of the molecule is C[C@@H](O)[C@@]1(Cc2ccc([N+](=O)[O-])cc2)C(=O)[C@]2(C)C(SC3CN(C4=NCCS4)C3)=C(C(=O)O)C[C@H]21. The molecular weight excluding hydrogens is 490 g/mol. The third-order valence-corrected chi connectivity index (χ3v) is 10.6. The molecule has 0 amide bonds. The maximum atomic E-state index is 13.9. The van der Waals surface area contributed by atoms with Crippen LogP contribution in [0.4, 0.5) is 5.69 Å². The number of carbonyl (C=O) groups is 2. The van der Waals surface area contributed by atoms with Gasteiger partial charge in [0.05, 0.1) is 28.4 Å². The Morgan fingerprint density at radius 2 is 2.06 bits per heavy atom. The van der Waals surface area contributed by atoms with Crippen molar-refractivity contribution in [2.24, 2.45) is 21.7 Å². The van der Waals surface area contributed by atoms with E-state index in [1.807, 2.05) is 6.92 Å². The number of ketones is 1. The van der Waals surface area contributed by atoms with Crippen molar-refractivity contribution in [2.75, 3.05) is 25.4 Å². The average molecular weight is 518 g/mol. The maximum Gasteiger partial charge on any atom is 0.332 e. The first kappa shape index (κ1) is 24.3. The predicted molar refractivity (Wildman–Crippen MR) is 135 cm³/mol. The van der Waals surface area contributed by atoms with Crippen LogP contribution in [-0.4, -0.2) is 73.7 Å². The van der Waals surface area contributed by atoms with Crippen LogP contribution >= 0.6 is 23.5 Å². The number of benzene rings is 1. The molecule has 2 heterocycles. The van der Waals surface area contributed by atoms with Gasteiger partial charge < -0.3 is 15.1 Å². The average Bonchev–Trinajstić information content (AvgIpc) is 3.40. The Morgan fingerprint density at radius 1 is 1.37 bits per heavy atom. The number of thioether (sulfide) groups is 2. The summed E-state index contributed by atoms with van der Waals surface area (Å²) >= 11 is 3.23. The van der Waals surface area contributed by atoms with Crippen LogP contribution in [0.25, 0.3) is 0 Å². The summed E-state index contributed by atoms with van der Waals surface area (Å²) in [6, 6.07) is 5.99. The van der Waals surface area contributed by atoms with Crippen molar-refractivity contribution >= 4 is 46.1 Å². The minimum Gasteiger partial charge on any atom is -0.478 e. The van der Waals surface area contributed by atoms with Gasteiger partial charge in [0.2, 0.25) is 0 Å². The molecule has 0 aromatic heterocycles.